The van der Waals surface area contributed by atoms with Crippen molar-refractivity contribution in [2.24, 2.45) is 0 Å². The number of amides is 1. The number of aryl methyl sites for hydroxylation is 1. The molecular formula is C17H19N3O5S2. The van der Waals surface area contributed by atoms with E-state index < -0.39 is 20.6 Å². The monoisotopic (exact) mass is 409 g/mol. The van der Waals surface area contributed by atoms with Gasteiger partial charge >= 0.3 is 0 Å². The molecule has 1 saturated heterocycles. The van der Waals surface area contributed by atoms with Gasteiger partial charge in [-0.3, -0.25) is 14.9 Å². The number of nitro groups is 1. The van der Waals surface area contributed by atoms with E-state index in [0.29, 0.717) is 4.88 Å². The van der Waals surface area contributed by atoms with E-state index >= 15 is 0 Å². The van der Waals surface area contributed by atoms with Gasteiger partial charge in [0.1, 0.15) is 0 Å². The van der Waals surface area contributed by atoms with Crippen LogP contribution in [0.4, 0.5) is 5.69 Å². The molecule has 0 aliphatic carbocycles. The molecule has 0 bridgehead atoms. The minimum atomic E-state index is -4.00. The zero-order valence-corrected chi connectivity index (χ0v) is 16.3. The fraction of sp³-hybridized carbons (Fsp3) is 0.353. The number of carbonyl (C=O) groups is 1. The van der Waals surface area contributed by atoms with Gasteiger partial charge < -0.3 is 4.90 Å². The maximum Gasteiger partial charge on any atom is 0.289 e. The van der Waals surface area contributed by atoms with E-state index in [1.807, 2.05) is 18.4 Å². The average Bonchev–Trinajstić information content (AvgIpc) is 3.16. The standard InChI is InChI=1S/C17H19N3O5S2/c1-2-13-7-12-26-16(13)17(21)18-8-10-19(11-9-18)27(24,25)15-6-4-3-5-14(15)20(22)23/h3-7,12H,2,8-11H2,1H3. The Morgan fingerprint density at radius 2 is 1.85 bits per heavy atom. The molecule has 1 fully saturated rings. The van der Waals surface area contributed by atoms with Crippen LogP contribution in [0.1, 0.15) is 22.2 Å². The number of benzene rings is 1. The van der Waals surface area contributed by atoms with Crippen molar-refractivity contribution in [3.63, 3.8) is 0 Å². The number of para-hydroxylation sites is 1. The number of carbonyl (C=O) groups excluding carboxylic acids is 1. The van der Waals surface area contributed by atoms with E-state index in [4.69, 9.17) is 0 Å². The summed E-state index contributed by atoms with van der Waals surface area (Å²) in [4.78, 5) is 25.2. The molecule has 8 nitrogen and oxygen atoms in total. The molecule has 0 spiro atoms. The summed E-state index contributed by atoms with van der Waals surface area (Å²) < 4.78 is 26.9. The summed E-state index contributed by atoms with van der Waals surface area (Å²) in [5, 5.41) is 13.0. The highest BCUT2D eigenvalue weighted by Crippen LogP contribution is 2.27. The number of hydrogen-bond acceptors (Lipinski definition) is 6. The maximum absolute atomic E-state index is 12.8. The van der Waals surface area contributed by atoms with E-state index in [9.17, 15) is 23.3 Å². The first-order valence-corrected chi connectivity index (χ1v) is 10.8. The van der Waals surface area contributed by atoms with Crippen molar-refractivity contribution in [3.05, 3.63) is 56.3 Å². The third kappa shape index (κ3) is 3.73. The SMILES string of the molecule is CCc1ccsc1C(=O)N1CCN(S(=O)(=O)c2ccccc2[N+](=O)[O-])CC1. The van der Waals surface area contributed by atoms with Crippen LogP contribution in [0.2, 0.25) is 0 Å². The molecule has 10 heteroatoms. The fourth-order valence-corrected chi connectivity index (χ4v) is 5.58. The molecule has 2 heterocycles. The highest BCUT2D eigenvalue weighted by molar-refractivity contribution is 7.89. The minimum absolute atomic E-state index is 0.0930. The Labute approximate surface area is 161 Å². The first kappa shape index (κ1) is 19.5. The van der Waals surface area contributed by atoms with Gasteiger partial charge in [-0.2, -0.15) is 4.31 Å². The van der Waals surface area contributed by atoms with Crippen molar-refractivity contribution in [2.45, 2.75) is 18.2 Å². The molecule has 1 aliphatic heterocycles. The van der Waals surface area contributed by atoms with E-state index in [0.717, 1.165) is 12.0 Å². The van der Waals surface area contributed by atoms with Gasteiger partial charge in [-0.05, 0) is 29.5 Å². The van der Waals surface area contributed by atoms with Crippen LogP contribution in [-0.4, -0.2) is 54.6 Å². The van der Waals surface area contributed by atoms with Gasteiger partial charge in [0.15, 0.2) is 4.90 Å². The lowest BCUT2D eigenvalue weighted by atomic mass is 10.2. The van der Waals surface area contributed by atoms with Gasteiger partial charge in [0, 0.05) is 32.2 Å². The average molecular weight is 409 g/mol. The Balaban J connectivity index is 1.76. The molecule has 1 aromatic carbocycles. The van der Waals surface area contributed by atoms with E-state index in [1.165, 1.54) is 39.9 Å². The number of rotatable bonds is 5. The molecule has 2 aromatic rings. The number of nitro benzene ring substituents is 1. The molecule has 1 aliphatic rings. The van der Waals surface area contributed by atoms with Gasteiger partial charge in [0.25, 0.3) is 11.6 Å². The first-order valence-electron chi connectivity index (χ1n) is 8.45. The van der Waals surface area contributed by atoms with Crippen molar-refractivity contribution >= 4 is 33.0 Å². The van der Waals surface area contributed by atoms with Crippen LogP contribution in [0, 0.1) is 10.1 Å². The highest BCUT2D eigenvalue weighted by Gasteiger charge is 2.34. The summed E-state index contributed by atoms with van der Waals surface area (Å²) in [6.45, 7) is 2.69. The summed E-state index contributed by atoms with van der Waals surface area (Å²) in [6.07, 6.45) is 0.761. The largest absolute Gasteiger partial charge is 0.335 e. The fourth-order valence-electron chi connectivity index (χ4n) is 3.04. The van der Waals surface area contributed by atoms with Crippen molar-refractivity contribution < 1.29 is 18.1 Å². The predicted molar refractivity (Wildman–Crippen MR) is 101 cm³/mol. The summed E-state index contributed by atoms with van der Waals surface area (Å²) in [7, 11) is -4.00. The van der Waals surface area contributed by atoms with Crippen LogP contribution in [0.25, 0.3) is 0 Å². The van der Waals surface area contributed by atoms with E-state index in [-0.39, 0.29) is 37.0 Å². The van der Waals surface area contributed by atoms with Crippen molar-refractivity contribution in [2.75, 3.05) is 26.2 Å². The van der Waals surface area contributed by atoms with Crippen LogP contribution in [-0.2, 0) is 16.4 Å². The van der Waals surface area contributed by atoms with Crippen LogP contribution in [0.3, 0.4) is 0 Å². The Hall–Kier alpha value is -2.30. The minimum Gasteiger partial charge on any atom is -0.335 e. The summed E-state index contributed by atoms with van der Waals surface area (Å²) in [6, 6.07) is 7.23. The Morgan fingerprint density at radius 3 is 2.48 bits per heavy atom. The Morgan fingerprint density at radius 1 is 1.19 bits per heavy atom. The lowest BCUT2D eigenvalue weighted by Gasteiger charge is -2.33. The zero-order valence-electron chi connectivity index (χ0n) is 14.7. The van der Waals surface area contributed by atoms with Crippen molar-refractivity contribution in [1.82, 2.24) is 9.21 Å². The molecule has 0 N–H and O–H groups in total. The number of piperazine rings is 1. The second-order valence-electron chi connectivity index (χ2n) is 6.05. The molecule has 0 atom stereocenters. The Kier molecular flexibility index (Phi) is 5.59. The molecule has 27 heavy (non-hydrogen) atoms. The predicted octanol–water partition coefficient (Wildman–Crippen LogP) is 2.37. The van der Waals surface area contributed by atoms with Crippen LogP contribution >= 0.6 is 11.3 Å². The molecule has 0 unspecified atom stereocenters. The first-order chi connectivity index (χ1) is 12.9. The molecule has 1 amide bonds. The quantitative estimate of drug-likeness (QED) is 0.557. The molecule has 0 saturated carbocycles. The van der Waals surface area contributed by atoms with Crippen molar-refractivity contribution in [3.8, 4) is 0 Å². The molecular weight excluding hydrogens is 390 g/mol. The number of sulfonamides is 1. The number of thiophene rings is 1. The number of nitrogens with zero attached hydrogens (tertiary/aromatic N) is 3. The summed E-state index contributed by atoms with van der Waals surface area (Å²) in [5.74, 6) is -0.0930. The van der Waals surface area contributed by atoms with Crippen LogP contribution < -0.4 is 0 Å². The second-order valence-corrected chi connectivity index (χ2v) is 8.87. The van der Waals surface area contributed by atoms with Crippen LogP contribution in [0.15, 0.2) is 40.6 Å². The Bertz CT molecular complexity index is 962. The topological polar surface area (TPSA) is 101 Å². The normalized spacial score (nSPS) is 15.7. The molecule has 1 aromatic heterocycles. The van der Waals surface area contributed by atoms with Crippen LogP contribution in [0.5, 0.6) is 0 Å². The summed E-state index contributed by atoms with van der Waals surface area (Å²) in [5.41, 5.74) is 0.544. The molecule has 3 rings (SSSR count). The molecule has 0 radical (unpaired) electrons. The highest BCUT2D eigenvalue weighted by atomic mass is 32.2. The van der Waals surface area contributed by atoms with E-state index in [2.05, 4.69) is 0 Å². The van der Waals surface area contributed by atoms with Crippen molar-refractivity contribution in [1.29, 1.82) is 0 Å². The number of hydrogen-bond donors (Lipinski definition) is 0. The van der Waals surface area contributed by atoms with Gasteiger partial charge in [0.05, 0.1) is 9.80 Å². The maximum atomic E-state index is 12.8. The zero-order chi connectivity index (χ0) is 19.6. The summed E-state index contributed by atoms with van der Waals surface area (Å²) >= 11 is 1.39. The molecule has 144 valence electrons. The van der Waals surface area contributed by atoms with Gasteiger partial charge in [-0.1, -0.05) is 19.1 Å². The van der Waals surface area contributed by atoms with Gasteiger partial charge in [0.2, 0.25) is 10.0 Å². The lowest BCUT2D eigenvalue weighted by molar-refractivity contribution is -0.387. The van der Waals surface area contributed by atoms with Gasteiger partial charge in [-0.25, -0.2) is 8.42 Å². The third-order valence-corrected chi connectivity index (χ3v) is 7.42. The van der Waals surface area contributed by atoms with E-state index in [1.54, 1.807) is 4.90 Å². The lowest BCUT2D eigenvalue weighted by Crippen LogP contribution is -2.50. The van der Waals surface area contributed by atoms with Gasteiger partial charge in [-0.15, -0.1) is 11.3 Å². The second kappa shape index (κ2) is 7.75. The third-order valence-electron chi connectivity index (χ3n) is 4.53. The smallest absolute Gasteiger partial charge is 0.289 e.